The summed E-state index contributed by atoms with van der Waals surface area (Å²) < 4.78 is 23.9. The van der Waals surface area contributed by atoms with Gasteiger partial charge >= 0.3 is 5.97 Å². The molecule has 280 valence electrons. The number of alkyl halides is 1. The molecule has 2 bridgehead atoms. The minimum absolute atomic E-state index is 0.0553. The summed E-state index contributed by atoms with van der Waals surface area (Å²) in [6.07, 6.45) is 2.91. The fourth-order valence-corrected chi connectivity index (χ4v) is 8.93. The highest BCUT2D eigenvalue weighted by Crippen LogP contribution is 2.60. The molecule has 1 unspecified atom stereocenters. The summed E-state index contributed by atoms with van der Waals surface area (Å²) in [5, 5.41) is 12.7. The predicted octanol–water partition coefficient (Wildman–Crippen LogP) is 1.85. The first-order valence-corrected chi connectivity index (χ1v) is 18.7. The molecule has 4 aliphatic heterocycles. The molecule has 3 amide bonds. The van der Waals surface area contributed by atoms with E-state index in [-0.39, 0.29) is 61.7 Å². The number of aliphatic hydroxyl groups is 1. The van der Waals surface area contributed by atoms with Crippen LogP contribution in [0.5, 0.6) is 0 Å². The number of amides is 3. The summed E-state index contributed by atoms with van der Waals surface area (Å²) in [5.41, 5.74) is -0.653. The largest absolute Gasteiger partial charge is 0.455 e. The second-order valence-corrected chi connectivity index (χ2v) is 14.7. The zero-order valence-corrected chi connectivity index (χ0v) is 30.9. The first-order chi connectivity index (χ1) is 24.7. The molecule has 1 spiro atoms. The van der Waals surface area contributed by atoms with Crippen molar-refractivity contribution in [2.75, 3.05) is 72.8 Å². The van der Waals surface area contributed by atoms with Crippen molar-refractivity contribution in [3.05, 3.63) is 61.2 Å². The van der Waals surface area contributed by atoms with E-state index in [2.05, 4.69) is 39.3 Å². The highest BCUT2D eigenvalue weighted by molar-refractivity contribution is 9.09. The topological polar surface area (TPSA) is 147 Å². The number of benzene rings is 1. The van der Waals surface area contributed by atoms with Crippen molar-refractivity contribution in [1.82, 2.24) is 20.0 Å². The zero-order chi connectivity index (χ0) is 36.5. The van der Waals surface area contributed by atoms with Crippen LogP contribution in [0.1, 0.15) is 37.4 Å². The van der Waals surface area contributed by atoms with E-state index in [9.17, 15) is 24.3 Å². The quantitative estimate of drug-likeness (QED) is 0.121. The summed E-state index contributed by atoms with van der Waals surface area (Å²) in [7, 11) is 1.50. The van der Waals surface area contributed by atoms with E-state index in [0.717, 1.165) is 13.1 Å². The molecule has 0 saturated carbocycles. The number of ether oxygens (including phenoxy) is 4. The average molecular weight is 776 g/mol. The third kappa shape index (κ3) is 8.42. The van der Waals surface area contributed by atoms with Crippen molar-refractivity contribution in [2.24, 2.45) is 11.8 Å². The zero-order valence-electron chi connectivity index (χ0n) is 29.3. The molecule has 8 atom stereocenters. The Morgan fingerprint density at radius 2 is 1.92 bits per heavy atom. The molecule has 0 aliphatic carbocycles. The number of hydrogen-bond acceptors (Lipinski definition) is 10. The van der Waals surface area contributed by atoms with Crippen molar-refractivity contribution < 1.29 is 43.2 Å². The van der Waals surface area contributed by atoms with Gasteiger partial charge in [0.05, 0.1) is 43.8 Å². The maximum Gasteiger partial charge on any atom is 0.313 e. The van der Waals surface area contributed by atoms with Gasteiger partial charge in [0.2, 0.25) is 17.7 Å². The summed E-state index contributed by atoms with van der Waals surface area (Å²) >= 11 is 3.73. The molecule has 4 heterocycles. The van der Waals surface area contributed by atoms with Crippen LogP contribution in [0, 0.1) is 11.8 Å². The van der Waals surface area contributed by atoms with Crippen LogP contribution in [0.4, 0.5) is 0 Å². The Morgan fingerprint density at radius 1 is 1.18 bits per heavy atom. The second kappa shape index (κ2) is 18.1. The molecule has 4 fully saturated rings. The van der Waals surface area contributed by atoms with E-state index >= 15 is 0 Å². The summed E-state index contributed by atoms with van der Waals surface area (Å²) in [6, 6.07) is 7.33. The first kappa shape index (κ1) is 39.1. The maximum absolute atomic E-state index is 14.6. The number of allylic oxidation sites excluding steroid dienone is 1. The van der Waals surface area contributed by atoms with E-state index in [1.807, 2.05) is 18.2 Å². The monoisotopic (exact) mass is 774 g/mol. The van der Waals surface area contributed by atoms with Crippen LogP contribution < -0.4 is 5.32 Å². The lowest BCUT2D eigenvalue weighted by atomic mass is 9.70. The van der Waals surface area contributed by atoms with Crippen molar-refractivity contribution in [1.29, 1.82) is 0 Å². The minimum atomic E-state index is -1.29. The normalized spacial score (nSPS) is 28.2. The molecule has 2 N–H and O–H groups in total. The number of likely N-dealkylation sites (tertiary alicyclic amines) is 1. The van der Waals surface area contributed by atoms with Crippen LogP contribution in [0.25, 0.3) is 0 Å². The molecule has 4 aliphatic rings. The number of hydrogen-bond donors (Lipinski definition) is 2. The van der Waals surface area contributed by atoms with Gasteiger partial charge in [-0.25, -0.2) is 0 Å². The van der Waals surface area contributed by atoms with E-state index in [1.165, 1.54) is 12.0 Å². The number of methoxy groups -OCH3 is 1. The van der Waals surface area contributed by atoms with Gasteiger partial charge in [-0.15, -0.1) is 13.2 Å². The Kier molecular flexibility index (Phi) is 13.8. The molecule has 1 aromatic rings. The number of fused-ring (bicyclic) bond motifs is 1. The number of nitrogens with one attached hydrogen (secondary N) is 1. The number of morpholine rings is 1. The van der Waals surface area contributed by atoms with E-state index in [1.54, 1.807) is 29.2 Å². The van der Waals surface area contributed by atoms with Crippen LogP contribution in [0.2, 0.25) is 0 Å². The fraction of sp³-hybridized carbons (Fsp3) is 0.622. The van der Waals surface area contributed by atoms with Gasteiger partial charge in [-0.3, -0.25) is 24.1 Å². The van der Waals surface area contributed by atoms with Crippen LogP contribution in [-0.4, -0.2) is 145 Å². The van der Waals surface area contributed by atoms with Gasteiger partial charge in [-0.2, -0.15) is 0 Å². The minimum Gasteiger partial charge on any atom is -0.455 e. The van der Waals surface area contributed by atoms with Gasteiger partial charge in [0.15, 0.2) is 0 Å². The average Bonchev–Trinajstić information content (AvgIpc) is 3.73. The standard InChI is InChI=1S/C37H51BrN4O9/c1-4-6-13-28(44)39-27(24-48-3)31(25-11-8-7-9-12-25)50-36(47)29-30-34(45)42(15-10-20-43)33(37(30)23-26(38)32(29)51-37)35(46)41(14-5-2)17-16-40-18-21-49-22-19-40/h4-5,7-9,11-12,26-27,29-33,43H,1-2,6,10,13-24H2,3H3,(H,39,44)/t26?,27-,29+,30-,31-,32+,33+,37-/m0/s1. The summed E-state index contributed by atoms with van der Waals surface area (Å²) in [6.45, 7) is 11.7. The Balaban J connectivity index is 1.45. The molecule has 5 rings (SSSR count). The van der Waals surface area contributed by atoms with Crippen LogP contribution in [-0.2, 0) is 38.1 Å². The van der Waals surface area contributed by atoms with Crippen molar-refractivity contribution in [2.45, 2.75) is 60.4 Å². The molecule has 13 nitrogen and oxygen atoms in total. The molecule has 51 heavy (non-hydrogen) atoms. The first-order valence-electron chi connectivity index (χ1n) is 17.8. The molecule has 14 heteroatoms. The lowest BCUT2D eigenvalue weighted by molar-refractivity contribution is -0.163. The fourth-order valence-electron chi connectivity index (χ4n) is 7.99. The maximum atomic E-state index is 14.6. The van der Waals surface area contributed by atoms with Crippen molar-refractivity contribution in [3.8, 4) is 0 Å². The lowest BCUT2D eigenvalue weighted by Gasteiger charge is -2.38. The summed E-state index contributed by atoms with van der Waals surface area (Å²) in [4.78, 5) is 61.6. The number of carbonyl (C=O) groups excluding carboxylic acids is 4. The molecular weight excluding hydrogens is 724 g/mol. The Bertz CT molecular complexity index is 1400. The number of halogens is 1. The van der Waals surface area contributed by atoms with Gasteiger partial charge in [0, 0.05) is 64.2 Å². The third-order valence-electron chi connectivity index (χ3n) is 10.3. The highest BCUT2D eigenvalue weighted by Gasteiger charge is 2.77. The number of carbonyl (C=O) groups is 4. The van der Waals surface area contributed by atoms with Gasteiger partial charge < -0.3 is 39.2 Å². The van der Waals surface area contributed by atoms with Gasteiger partial charge in [0.25, 0.3) is 0 Å². The number of esters is 1. The van der Waals surface area contributed by atoms with Crippen molar-refractivity contribution in [3.63, 3.8) is 0 Å². The van der Waals surface area contributed by atoms with Gasteiger partial charge in [-0.1, -0.05) is 58.4 Å². The Labute approximate surface area is 308 Å². The van der Waals surface area contributed by atoms with Gasteiger partial charge in [-0.05, 0) is 24.8 Å². The number of aliphatic hydroxyl groups excluding tert-OH is 1. The lowest BCUT2D eigenvalue weighted by Crippen LogP contribution is -2.57. The number of nitrogens with zero attached hydrogens (tertiary/aromatic N) is 3. The van der Waals surface area contributed by atoms with Crippen LogP contribution >= 0.6 is 15.9 Å². The molecular formula is C37H51BrN4O9. The Morgan fingerprint density at radius 3 is 2.59 bits per heavy atom. The summed E-state index contributed by atoms with van der Waals surface area (Å²) in [5.74, 6) is -3.58. The van der Waals surface area contributed by atoms with Gasteiger partial charge in [0.1, 0.15) is 17.7 Å². The SMILES string of the molecule is C=CCCC(=O)N[C@@H](COC)[C@@H](OC(=O)[C@H]1[C@@H]2O[C@@]3(CC2Br)[C@@H]1C(=O)N(CCCO)[C@@H]3C(=O)N(CC=C)CCN1CCOCC1)c1ccccc1. The van der Waals surface area contributed by atoms with E-state index in [4.69, 9.17) is 18.9 Å². The van der Waals surface area contributed by atoms with Crippen molar-refractivity contribution >= 4 is 39.6 Å². The van der Waals surface area contributed by atoms with E-state index in [0.29, 0.717) is 44.7 Å². The van der Waals surface area contributed by atoms with Crippen LogP contribution in [0.3, 0.4) is 0 Å². The van der Waals surface area contributed by atoms with Crippen LogP contribution in [0.15, 0.2) is 55.6 Å². The second-order valence-electron chi connectivity index (χ2n) is 13.5. The Hall–Kier alpha value is -3.14. The third-order valence-corrected chi connectivity index (χ3v) is 11.2. The number of rotatable bonds is 19. The molecule has 0 radical (unpaired) electrons. The predicted molar refractivity (Wildman–Crippen MR) is 192 cm³/mol. The smallest absolute Gasteiger partial charge is 0.313 e. The molecule has 0 aromatic heterocycles. The molecule has 4 saturated heterocycles. The highest BCUT2D eigenvalue weighted by atomic mass is 79.9. The molecule has 1 aromatic carbocycles. The van der Waals surface area contributed by atoms with E-state index < -0.39 is 47.7 Å².